The zero-order valence-electron chi connectivity index (χ0n) is 12.9. The quantitative estimate of drug-likeness (QED) is 0.927. The number of nitrogens with one attached hydrogen (secondary N) is 1. The zero-order chi connectivity index (χ0) is 15.3. The molecule has 2 bridgehead atoms. The third-order valence-corrected chi connectivity index (χ3v) is 4.82. The Kier molecular flexibility index (Phi) is 3.18. The number of rotatable bonds is 2. The average molecular weight is 301 g/mol. The number of hydrogen-bond donors (Lipinski definition) is 1. The van der Waals surface area contributed by atoms with E-state index in [1.807, 2.05) is 17.8 Å². The van der Waals surface area contributed by atoms with Gasteiger partial charge in [0, 0.05) is 30.3 Å². The molecule has 1 saturated heterocycles. The largest absolute Gasteiger partial charge is 0.497 e. The number of piperidine rings is 1. The highest BCUT2D eigenvalue weighted by Crippen LogP contribution is 2.39. The zero-order valence-corrected chi connectivity index (χ0v) is 12.9. The number of methoxy groups -OCH3 is 1. The van der Waals surface area contributed by atoms with Crippen LogP contribution in [0.3, 0.4) is 0 Å². The van der Waals surface area contributed by atoms with Crippen LogP contribution < -0.4 is 10.1 Å². The van der Waals surface area contributed by atoms with Crippen LogP contribution in [0.5, 0.6) is 5.75 Å². The summed E-state index contributed by atoms with van der Waals surface area (Å²) in [5.41, 5.74) is 4.26. The predicted molar refractivity (Wildman–Crippen MR) is 82.4 cm³/mol. The molecular formula is C17H20FN3O. The van der Waals surface area contributed by atoms with Crippen LogP contribution in [-0.2, 0) is 13.5 Å². The van der Waals surface area contributed by atoms with Crippen LogP contribution in [0.25, 0.3) is 11.3 Å². The molecule has 0 radical (unpaired) electrons. The van der Waals surface area contributed by atoms with Gasteiger partial charge in [-0.15, -0.1) is 0 Å². The Hall–Kier alpha value is -1.88. The predicted octanol–water partition coefficient (Wildman–Crippen LogP) is 2.97. The molecule has 2 aliphatic heterocycles. The summed E-state index contributed by atoms with van der Waals surface area (Å²) in [5.74, 6) is 0.262. The molecule has 1 aromatic heterocycles. The molecule has 2 aromatic rings. The minimum Gasteiger partial charge on any atom is -0.497 e. The fourth-order valence-corrected chi connectivity index (χ4v) is 3.89. The van der Waals surface area contributed by atoms with E-state index < -0.39 is 0 Å². The number of hydrogen-bond acceptors (Lipinski definition) is 3. The summed E-state index contributed by atoms with van der Waals surface area (Å²) in [6, 6.07) is 5.72. The maximum Gasteiger partial charge on any atom is 0.127 e. The van der Waals surface area contributed by atoms with Gasteiger partial charge in [0.25, 0.3) is 0 Å². The highest BCUT2D eigenvalue weighted by atomic mass is 19.1. The summed E-state index contributed by atoms with van der Waals surface area (Å²) in [6.07, 6.45) is 4.55. The molecule has 4 rings (SSSR count). The number of ether oxygens (including phenoxy) is 1. The topological polar surface area (TPSA) is 39.1 Å². The third-order valence-electron chi connectivity index (χ3n) is 4.82. The molecule has 0 spiro atoms. The lowest BCUT2D eigenvalue weighted by atomic mass is 9.84. The molecule has 2 atom stereocenters. The van der Waals surface area contributed by atoms with Gasteiger partial charge in [0.2, 0.25) is 0 Å². The summed E-state index contributed by atoms with van der Waals surface area (Å²) in [5, 5.41) is 8.38. The van der Waals surface area contributed by atoms with Gasteiger partial charge < -0.3 is 10.1 Å². The van der Waals surface area contributed by atoms with Gasteiger partial charge in [-0.05, 0) is 37.8 Å². The number of halogens is 1. The van der Waals surface area contributed by atoms with E-state index in [2.05, 4.69) is 5.32 Å². The highest BCUT2D eigenvalue weighted by molar-refractivity contribution is 5.67. The molecule has 1 aromatic carbocycles. The molecule has 22 heavy (non-hydrogen) atoms. The molecule has 5 heteroatoms. The maximum atomic E-state index is 13.9. The Bertz CT molecular complexity index is 725. The molecule has 1 fully saturated rings. The maximum absolute atomic E-state index is 13.9. The third kappa shape index (κ3) is 2.11. The second-order valence-corrected chi connectivity index (χ2v) is 6.27. The van der Waals surface area contributed by atoms with Gasteiger partial charge in [0.1, 0.15) is 11.6 Å². The van der Waals surface area contributed by atoms with E-state index in [4.69, 9.17) is 9.84 Å². The number of fused-ring (bicyclic) bond motifs is 4. The summed E-state index contributed by atoms with van der Waals surface area (Å²) < 4.78 is 21.0. The van der Waals surface area contributed by atoms with Crippen LogP contribution in [0.4, 0.5) is 4.39 Å². The molecule has 0 amide bonds. The van der Waals surface area contributed by atoms with Crippen molar-refractivity contribution in [1.29, 1.82) is 0 Å². The monoisotopic (exact) mass is 301 g/mol. The smallest absolute Gasteiger partial charge is 0.127 e. The first kappa shape index (κ1) is 13.8. The van der Waals surface area contributed by atoms with Crippen molar-refractivity contribution in [3.8, 4) is 17.0 Å². The summed E-state index contributed by atoms with van der Waals surface area (Å²) in [4.78, 5) is 0. The molecule has 0 unspecified atom stereocenters. The second kappa shape index (κ2) is 5.09. The fraction of sp³-hybridized carbons (Fsp3) is 0.471. The van der Waals surface area contributed by atoms with E-state index in [9.17, 15) is 4.39 Å². The normalized spacial score (nSPS) is 23.2. The van der Waals surface area contributed by atoms with Crippen molar-refractivity contribution in [3.05, 3.63) is 35.3 Å². The van der Waals surface area contributed by atoms with Crippen molar-refractivity contribution in [3.63, 3.8) is 0 Å². The van der Waals surface area contributed by atoms with Gasteiger partial charge in [-0.1, -0.05) is 0 Å². The van der Waals surface area contributed by atoms with Gasteiger partial charge in [-0.25, -0.2) is 4.39 Å². The van der Waals surface area contributed by atoms with Crippen molar-refractivity contribution in [2.45, 2.75) is 37.8 Å². The van der Waals surface area contributed by atoms with Gasteiger partial charge in [-0.3, -0.25) is 4.68 Å². The Morgan fingerprint density at radius 2 is 2.18 bits per heavy atom. The summed E-state index contributed by atoms with van der Waals surface area (Å²) in [6.45, 7) is 0. The van der Waals surface area contributed by atoms with Crippen LogP contribution in [0.1, 0.15) is 36.6 Å². The van der Waals surface area contributed by atoms with Gasteiger partial charge in [-0.2, -0.15) is 5.10 Å². The first-order chi connectivity index (χ1) is 10.7. The van der Waals surface area contributed by atoms with Gasteiger partial charge in [0.15, 0.2) is 0 Å². The van der Waals surface area contributed by atoms with Crippen molar-refractivity contribution >= 4 is 0 Å². The van der Waals surface area contributed by atoms with Crippen LogP contribution >= 0.6 is 0 Å². The molecule has 1 N–H and O–H groups in total. The van der Waals surface area contributed by atoms with E-state index >= 15 is 0 Å². The summed E-state index contributed by atoms with van der Waals surface area (Å²) in [7, 11) is 3.50. The van der Waals surface area contributed by atoms with Crippen LogP contribution in [-0.4, -0.2) is 22.9 Å². The average Bonchev–Trinajstić information content (AvgIpc) is 2.83. The lowest BCUT2D eigenvalue weighted by molar-refractivity contribution is 0.297. The van der Waals surface area contributed by atoms with Crippen LogP contribution in [0.2, 0.25) is 0 Å². The molecule has 2 aliphatic rings. The molecule has 116 valence electrons. The van der Waals surface area contributed by atoms with Crippen LogP contribution in [0, 0.1) is 5.82 Å². The molecule has 0 aliphatic carbocycles. The molecular weight excluding hydrogens is 281 g/mol. The lowest BCUT2D eigenvalue weighted by Crippen LogP contribution is -2.42. The Morgan fingerprint density at radius 3 is 3.00 bits per heavy atom. The minimum absolute atomic E-state index is 0.279. The van der Waals surface area contributed by atoms with Crippen molar-refractivity contribution in [2.75, 3.05) is 7.11 Å². The van der Waals surface area contributed by atoms with E-state index in [1.54, 1.807) is 13.2 Å². The van der Waals surface area contributed by atoms with Gasteiger partial charge >= 0.3 is 0 Å². The molecule has 0 saturated carbocycles. The molecule has 3 heterocycles. The Morgan fingerprint density at radius 1 is 1.32 bits per heavy atom. The second-order valence-electron chi connectivity index (χ2n) is 6.27. The lowest BCUT2D eigenvalue weighted by Gasteiger charge is -2.35. The number of aryl methyl sites for hydroxylation is 1. The van der Waals surface area contributed by atoms with Crippen molar-refractivity contribution in [2.24, 2.45) is 7.05 Å². The van der Waals surface area contributed by atoms with Crippen molar-refractivity contribution < 1.29 is 9.13 Å². The Labute approximate surface area is 129 Å². The van der Waals surface area contributed by atoms with E-state index in [0.717, 1.165) is 29.8 Å². The van der Waals surface area contributed by atoms with E-state index in [-0.39, 0.29) is 5.82 Å². The first-order valence-corrected chi connectivity index (χ1v) is 7.82. The van der Waals surface area contributed by atoms with Crippen LogP contribution in [0.15, 0.2) is 18.2 Å². The van der Waals surface area contributed by atoms with Crippen molar-refractivity contribution in [1.82, 2.24) is 15.1 Å². The first-order valence-electron chi connectivity index (χ1n) is 7.82. The fourth-order valence-electron chi connectivity index (χ4n) is 3.89. The number of aromatic nitrogens is 2. The van der Waals surface area contributed by atoms with E-state index in [1.165, 1.54) is 24.5 Å². The van der Waals surface area contributed by atoms with Gasteiger partial charge in [0.05, 0.1) is 24.5 Å². The Balaban J connectivity index is 1.86. The SMILES string of the molecule is COc1cc(F)cc(-c2c3c(nn2C)[C@H]2CCC[C@@H](C3)N2)c1. The standard InChI is InChI=1S/C17H20FN3O/c1-21-17(10-6-11(18)8-13(7-10)22-2)14-9-12-4-3-5-15(19-12)16(14)20-21/h6-8,12,15,19H,3-5,9H2,1-2H3/t12-,15+/m0/s1. The summed E-state index contributed by atoms with van der Waals surface area (Å²) >= 11 is 0. The minimum atomic E-state index is -0.279. The highest BCUT2D eigenvalue weighted by Gasteiger charge is 2.34. The number of nitrogens with zero attached hydrogens (tertiary/aromatic N) is 2. The molecule has 4 nitrogen and oxygen atoms in total. The van der Waals surface area contributed by atoms with E-state index in [0.29, 0.717) is 17.8 Å². The number of benzene rings is 1.